The van der Waals surface area contributed by atoms with Gasteiger partial charge in [-0.2, -0.15) is 0 Å². The molecular formula is C13H18ClN3O3S. The van der Waals surface area contributed by atoms with Gasteiger partial charge in [-0.3, -0.25) is 9.52 Å². The predicted octanol–water partition coefficient (Wildman–Crippen LogP) is 1.78. The number of hydrogen-bond acceptors (Lipinski definition) is 4. The minimum absolute atomic E-state index is 0.175. The number of nitrogens with two attached hydrogens (primary N) is 1. The van der Waals surface area contributed by atoms with Gasteiger partial charge in [-0.1, -0.05) is 11.6 Å². The third-order valence-electron chi connectivity index (χ3n) is 3.43. The fourth-order valence-corrected chi connectivity index (χ4v) is 2.74. The number of anilines is 2. The van der Waals surface area contributed by atoms with Gasteiger partial charge >= 0.3 is 0 Å². The molecule has 0 bridgehead atoms. The lowest BCUT2D eigenvalue weighted by Crippen LogP contribution is -2.50. The van der Waals surface area contributed by atoms with E-state index in [4.69, 9.17) is 17.3 Å². The van der Waals surface area contributed by atoms with Gasteiger partial charge in [0.1, 0.15) is 0 Å². The van der Waals surface area contributed by atoms with E-state index in [1.807, 2.05) is 0 Å². The summed E-state index contributed by atoms with van der Waals surface area (Å²) < 4.78 is 24.8. The lowest BCUT2D eigenvalue weighted by atomic mass is 9.96. The molecule has 21 heavy (non-hydrogen) atoms. The highest BCUT2D eigenvalue weighted by Gasteiger charge is 2.44. The smallest absolute Gasteiger partial charge is 0.244 e. The highest BCUT2D eigenvalue weighted by Crippen LogP contribution is 2.39. The van der Waals surface area contributed by atoms with Crippen LogP contribution in [0.2, 0.25) is 5.02 Å². The summed E-state index contributed by atoms with van der Waals surface area (Å²) in [5.41, 5.74) is 5.73. The zero-order valence-corrected chi connectivity index (χ0v) is 13.4. The Labute approximate surface area is 129 Å². The fraction of sp³-hybridized carbons (Fsp3) is 0.462. The first-order chi connectivity index (χ1) is 9.59. The van der Waals surface area contributed by atoms with Gasteiger partial charge in [-0.25, -0.2) is 8.42 Å². The first-order valence-electron chi connectivity index (χ1n) is 6.47. The van der Waals surface area contributed by atoms with Crippen molar-refractivity contribution in [3.63, 3.8) is 0 Å². The minimum Gasteiger partial charge on any atom is -0.323 e. The van der Waals surface area contributed by atoms with E-state index >= 15 is 0 Å². The first kappa shape index (κ1) is 16.1. The Morgan fingerprint density at radius 2 is 2.05 bits per heavy atom. The van der Waals surface area contributed by atoms with Crippen molar-refractivity contribution in [2.75, 3.05) is 16.3 Å². The van der Waals surface area contributed by atoms with Crippen molar-refractivity contribution in [3.05, 3.63) is 23.2 Å². The third-order valence-corrected chi connectivity index (χ3v) is 4.37. The van der Waals surface area contributed by atoms with Crippen LogP contribution in [0.15, 0.2) is 18.2 Å². The molecule has 1 aliphatic carbocycles. The van der Waals surface area contributed by atoms with E-state index in [1.54, 1.807) is 6.92 Å². The first-order valence-corrected chi connectivity index (χ1v) is 8.74. The summed E-state index contributed by atoms with van der Waals surface area (Å²) in [6.07, 6.45) is 2.91. The van der Waals surface area contributed by atoms with Crippen LogP contribution in [0.5, 0.6) is 0 Å². The Hall–Kier alpha value is -1.31. The summed E-state index contributed by atoms with van der Waals surface area (Å²) >= 11 is 6.02. The molecule has 1 amide bonds. The van der Waals surface area contributed by atoms with Gasteiger partial charge in [0, 0.05) is 0 Å². The Morgan fingerprint density at radius 3 is 2.57 bits per heavy atom. The number of benzene rings is 1. The fourth-order valence-electron chi connectivity index (χ4n) is 2.02. The third kappa shape index (κ3) is 4.09. The average Bonchev–Trinajstić information content (AvgIpc) is 3.15. The van der Waals surface area contributed by atoms with Gasteiger partial charge in [0.25, 0.3) is 0 Å². The molecule has 0 spiro atoms. The SMILES string of the molecule is CC(N)(C(=O)Nc1cc(NS(C)(=O)=O)ccc1Cl)C1CC1. The monoisotopic (exact) mass is 331 g/mol. The topological polar surface area (TPSA) is 101 Å². The molecule has 0 aliphatic heterocycles. The molecule has 1 aromatic rings. The van der Waals surface area contributed by atoms with Crippen molar-refractivity contribution in [1.82, 2.24) is 0 Å². The van der Waals surface area contributed by atoms with E-state index in [0.717, 1.165) is 19.1 Å². The number of halogens is 1. The molecule has 8 heteroatoms. The highest BCUT2D eigenvalue weighted by molar-refractivity contribution is 7.92. The molecule has 6 nitrogen and oxygen atoms in total. The quantitative estimate of drug-likeness (QED) is 0.765. The molecule has 1 saturated carbocycles. The van der Waals surface area contributed by atoms with Crippen LogP contribution >= 0.6 is 11.6 Å². The zero-order chi connectivity index (χ0) is 15.8. The van der Waals surface area contributed by atoms with Gasteiger partial charge in [-0.05, 0) is 43.9 Å². The number of nitrogens with one attached hydrogen (secondary N) is 2. The van der Waals surface area contributed by atoms with Crippen LogP contribution in [0.25, 0.3) is 0 Å². The molecule has 1 aromatic carbocycles. The van der Waals surface area contributed by atoms with Gasteiger partial charge in [0.15, 0.2) is 0 Å². The number of rotatable bonds is 5. The lowest BCUT2D eigenvalue weighted by molar-refractivity contribution is -0.121. The van der Waals surface area contributed by atoms with Crippen LogP contribution in [-0.4, -0.2) is 26.1 Å². The van der Waals surface area contributed by atoms with Crippen LogP contribution in [0.4, 0.5) is 11.4 Å². The molecule has 0 heterocycles. The molecule has 1 unspecified atom stereocenters. The van der Waals surface area contributed by atoms with Crippen LogP contribution in [0.3, 0.4) is 0 Å². The van der Waals surface area contributed by atoms with Crippen LogP contribution in [0.1, 0.15) is 19.8 Å². The molecule has 0 aromatic heterocycles. The molecule has 0 radical (unpaired) electrons. The maximum atomic E-state index is 12.2. The molecule has 0 saturated heterocycles. The molecule has 2 rings (SSSR count). The van der Waals surface area contributed by atoms with Gasteiger partial charge in [0.05, 0.1) is 28.2 Å². The normalized spacial score (nSPS) is 17.9. The lowest BCUT2D eigenvalue weighted by Gasteiger charge is -2.23. The van der Waals surface area contributed by atoms with Crippen LogP contribution in [0, 0.1) is 5.92 Å². The van der Waals surface area contributed by atoms with Crippen molar-refractivity contribution in [1.29, 1.82) is 0 Å². The second-order valence-corrected chi connectivity index (χ2v) is 7.74. The Bertz CT molecular complexity index is 669. The van der Waals surface area contributed by atoms with Crippen molar-refractivity contribution < 1.29 is 13.2 Å². The Balaban J connectivity index is 2.19. The molecule has 116 valence electrons. The summed E-state index contributed by atoms with van der Waals surface area (Å²) in [5, 5.41) is 2.98. The van der Waals surface area contributed by atoms with E-state index < -0.39 is 15.6 Å². The van der Waals surface area contributed by atoms with Gasteiger partial charge in [-0.15, -0.1) is 0 Å². The molecule has 4 N–H and O–H groups in total. The van der Waals surface area contributed by atoms with Crippen molar-refractivity contribution in [3.8, 4) is 0 Å². The predicted molar refractivity (Wildman–Crippen MR) is 83.9 cm³/mol. The number of hydrogen-bond donors (Lipinski definition) is 3. The molecule has 1 fully saturated rings. The Kier molecular flexibility index (Phi) is 4.19. The van der Waals surface area contributed by atoms with E-state index in [0.29, 0.717) is 16.4 Å². The van der Waals surface area contributed by atoms with Crippen LogP contribution < -0.4 is 15.8 Å². The van der Waals surface area contributed by atoms with E-state index in [1.165, 1.54) is 18.2 Å². The summed E-state index contributed by atoms with van der Waals surface area (Å²) in [6, 6.07) is 4.49. The number of amides is 1. The van der Waals surface area contributed by atoms with Gasteiger partial charge < -0.3 is 11.1 Å². The second kappa shape index (κ2) is 5.47. The average molecular weight is 332 g/mol. The number of carbonyl (C=O) groups excluding carboxylic acids is 1. The van der Waals surface area contributed by atoms with E-state index in [9.17, 15) is 13.2 Å². The highest BCUT2D eigenvalue weighted by atomic mass is 35.5. The van der Waals surface area contributed by atoms with Gasteiger partial charge in [0.2, 0.25) is 15.9 Å². The standard InChI is InChI=1S/C13H18ClN3O3S/c1-13(15,8-3-4-8)12(18)16-11-7-9(5-6-10(11)14)17-21(2,19)20/h5-8,17H,3-4,15H2,1-2H3,(H,16,18). The second-order valence-electron chi connectivity index (χ2n) is 5.58. The zero-order valence-electron chi connectivity index (χ0n) is 11.8. The number of carbonyl (C=O) groups is 1. The van der Waals surface area contributed by atoms with Crippen molar-refractivity contribution >= 4 is 38.9 Å². The summed E-state index contributed by atoms with van der Waals surface area (Å²) in [6.45, 7) is 1.69. The maximum absolute atomic E-state index is 12.2. The largest absolute Gasteiger partial charge is 0.323 e. The van der Waals surface area contributed by atoms with E-state index in [2.05, 4.69) is 10.0 Å². The molecule has 1 aliphatic rings. The van der Waals surface area contributed by atoms with Crippen LogP contribution in [-0.2, 0) is 14.8 Å². The van der Waals surface area contributed by atoms with Crippen molar-refractivity contribution in [2.24, 2.45) is 11.7 Å². The Morgan fingerprint density at radius 1 is 1.43 bits per heavy atom. The maximum Gasteiger partial charge on any atom is 0.244 e. The summed E-state index contributed by atoms with van der Waals surface area (Å²) in [4.78, 5) is 12.2. The summed E-state index contributed by atoms with van der Waals surface area (Å²) in [7, 11) is -3.40. The molecule has 1 atom stereocenters. The van der Waals surface area contributed by atoms with E-state index in [-0.39, 0.29) is 11.8 Å². The molecular weight excluding hydrogens is 314 g/mol. The minimum atomic E-state index is -3.40. The van der Waals surface area contributed by atoms with Crippen molar-refractivity contribution in [2.45, 2.75) is 25.3 Å². The summed E-state index contributed by atoms with van der Waals surface area (Å²) in [5.74, 6) is -0.156. The number of sulfonamides is 1.